The van der Waals surface area contributed by atoms with Crippen molar-refractivity contribution in [2.24, 2.45) is 5.41 Å². The molecule has 190 valence electrons. The zero-order chi connectivity index (χ0) is 26.1. The van der Waals surface area contributed by atoms with Crippen LogP contribution in [0.4, 0.5) is 0 Å². The van der Waals surface area contributed by atoms with E-state index in [1.54, 1.807) is 12.1 Å². The molecule has 36 heavy (non-hydrogen) atoms. The van der Waals surface area contributed by atoms with E-state index in [-0.39, 0.29) is 28.6 Å². The van der Waals surface area contributed by atoms with E-state index < -0.39 is 24.1 Å². The number of ketones is 1. The topological polar surface area (TPSA) is 78.9 Å². The highest BCUT2D eigenvalue weighted by Crippen LogP contribution is 2.57. The predicted molar refractivity (Wildman–Crippen MR) is 137 cm³/mol. The second kappa shape index (κ2) is 10.3. The molecule has 0 amide bonds. The fourth-order valence-corrected chi connectivity index (χ4v) is 5.36. The van der Waals surface area contributed by atoms with E-state index >= 15 is 0 Å². The summed E-state index contributed by atoms with van der Waals surface area (Å²) in [6, 6.07) is 11.0. The van der Waals surface area contributed by atoms with Crippen molar-refractivity contribution >= 4 is 46.5 Å². The first-order valence-corrected chi connectivity index (χ1v) is 12.6. The Kier molecular flexibility index (Phi) is 7.48. The molecule has 8 heteroatoms. The van der Waals surface area contributed by atoms with Gasteiger partial charge in [-0.1, -0.05) is 60.5 Å². The highest BCUT2D eigenvalue weighted by Gasteiger charge is 2.45. The molecule has 2 aromatic rings. The number of benzene rings is 2. The molecule has 6 nitrogen and oxygen atoms in total. The van der Waals surface area contributed by atoms with Crippen LogP contribution in [0.1, 0.15) is 56.7 Å². The zero-order valence-corrected chi connectivity index (χ0v) is 22.0. The molecule has 2 aliphatic carbocycles. The number of rotatable bonds is 8. The van der Waals surface area contributed by atoms with Gasteiger partial charge in [0.05, 0.1) is 5.02 Å². The summed E-state index contributed by atoms with van der Waals surface area (Å²) in [6.45, 7) is 4.62. The van der Waals surface area contributed by atoms with Gasteiger partial charge in [-0.3, -0.25) is 4.79 Å². The molecule has 2 aromatic carbocycles. The highest BCUT2D eigenvalue weighted by molar-refractivity contribution is 6.44. The van der Waals surface area contributed by atoms with Gasteiger partial charge in [0.15, 0.2) is 12.4 Å². The smallest absolute Gasteiger partial charge is 0.350 e. The lowest BCUT2D eigenvalue weighted by Crippen LogP contribution is -2.40. The van der Waals surface area contributed by atoms with Crippen LogP contribution in [0.5, 0.6) is 5.75 Å². The number of carbonyl (C=O) groups excluding carboxylic acids is 3. The summed E-state index contributed by atoms with van der Waals surface area (Å²) in [5.74, 6) is -1.09. The number of allylic oxidation sites excluding steroid dienone is 2. The van der Waals surface area contributed by atoms with Gasteiger partial charge >= 0.3 is 11.9 Å². The fourth-order valence-electron chi connectivity index (χ4n) is 4.84. The van der Waals surface area contributed by atoms with Crippen LogP contribution in [0.2, 0.25) is 10.0 Å². The quantitative estimate of drug-likeness (QED) is 0.381. The van der Waals surface area contributed by atoms with Gasteiger partial charge in [0.1, 0.15) is 17.4 Å². The maximum absolute atomic E-state index is 12.5. The number of hydrogen-bond acceptors (Lipinski definition) is 6. The molecule has 0 saturated heterocycles. The van der Waals surface area contributed by atoms with Crippen LogP contribution in [0.15, 0.2) is 42.5 Å². The average Bonchev–Trinajstić information content (AvgIpc) is 3.18. The second-order valence-corrected chi connectivity index (χ2v) is 10.5. The fraction of sp³-hybridized carbons (Fsp3) is 0.393. The third-order valence-corrected chi connectivity index (χ3v) is 7.73. The first kappa shape index (κ1) is 26.2. The lowest BCUT2D eigenvalue weighted by atomic mass is 9.71. The SMILES string of the molecule is CCC12CCC(=O)C=C1c1c(cc(OCC(=O)OC(C)(C)C(=O)OCc3ccccc3)c(Cl)c1Cl)C2. The lowest BCUT2D eigenvalue weighted by Gasteiger charge is -2.32. The van der Waals surface area contributed by atoms with E-state index in [1.807, 2.05) is 30.3 Å². The van der Waals surface area contributed by atoms with Gasteiger partial charge in [-0.15, -0.1) is 0 Å². The summed E-state index contributed by atoms with van der Waals surface area (Å²) in [5, 5.41) is 0.467. The molecule has 1 atom stereocenters. The van der Waals surface area contributed by atoms with Crippen molar-refractivity contribution in [3.63, 3.8) is 0 Å². The van der Waals surface area contributed by atoms with Crippen molar-refractivity contribution in [2.45, 2.75) is 58.7 Å². The Morgan fingerprint density at radius 3 is 2.53 bits per heavy atom. The van der Waals surface area contributed by atoms with Crippen LogP contribution in [-0.2, 0) is 36.9 Å². The minimum atomic E-state index is -1.50. The van der Waals surface area contributed by atoms with Crippen LogP contribution >= 0.6 is 23.2 Å². The molecule has 0 aliphatic heterocycles. The minimum absolute atomic E-state index is 0.0711. The van der Waals surface area contributed by atoms with Gasteiger partial charge < -0.3 is 14.2 Å². The van der Waals surface area contributed by atoms with Crippen LogP contribution in [-0.4, -0.2) is 29.9 Å². The third-order valence-electron chi connectivity index (χ3n) is 6.88. The maximum Gasteiger partial charge on any atom is 0.350 e. The molecule has 0 heterocycles. The number of ether oxygens (including phenoxy) is 3. The molecule has 0 N–H and O–H groups in total. The molecular weight excluding hydrogens is 503 g/mol. The number of fused-ring (bicyclic) bond motifs is 3. The van der Waals surface area contributed by atoms with E-state index in [4.69, 9.17) is 37.4 Å². The van der Waals surface area contributed by atoms with E-state index in [9.17, 15) is 14.4 Å². The van der Waals surface area contributed by atoms with E-state index in [0.717, 1.165) is 41.5 Å². The third kappa shape index (κ3) is 5.16. The second-order valence-electron chi connectivity index (χ2n) is 9.71. The Labute approximate surface area is 220 Å². The summed E-state index contributed by atoms with van der Waals surface area (Å²) in [5.41, 5.74) is 1.82. The Balaban J connectivity index is 1.42. The molecule has 0 saturated carbocycles. The number of carbonyl (C=O) groups is 3. The number of hydrogen-bond donors (Lipinski definition) is 0. The van der Waals surface area contributed by atoms with Crippen LogP contribution in [0, 0.1) is 5.41 Å². The summed E-state index contributed by atoms with van der Waals surface area (Å²) in [6.07, 6.45) is 4.55. The maximum atomic E-state index is 12.5. The predicted octanol–water partition coefficient (Wildman–Crippen LogP) is 6.14. The molecule has 4 rings (SSSR count). The van der Waals surface area contributed by atoms with Gasteiger partial charge in [-0.25, -0.2) is 9.59 Å². The Bertz CT molecular complexity index is 1230. The van der Waals surface area contributed by atoms with Crippen molar-refractivity contribution in [3.05, 3.63) is 69.2 Å². The van der Waals surface area contributed by atoms with Gasteiger partial charge in [0.25, 0.3) is 0 Å². The summed E-state index contributed by atoms with van der Waals surface area (Å²) in [7, 11) is 0. The number of halogens is 2. The largest absolute Gasteiger partial charge is 0.480 e. The minimum Gasteiger partial charge on any atom is -0.480 e. The van der Waals surface area contributed by atoms with Crippen molar-refractivity contribution in [1.82, 2.24) is 0 Å². The summed E-state index contributed by atoms with van der Waals surface area (Å²) < 4.78 is 16.3. The summed E-state index contributed by atoms with van der Waals surface area (Å²) >= 11 is 13.1. The standard InChI is InChI=1S/C28H28Cl2O6/c1-4-28-11-10-19(31)13-20(28)23-18(14-28)12-21(24(29)25(23)30)34-16-22(32)36-27(2,3)26(33)35-15-17-8-6-5-7-9-17/h5-9,12-13H,4,10-11,14-16H2,1-3H3. The molecule has 1 unspecified atom stereocenters. The van der Waals surface area contributed by atoms with E-state index in [1.165, 1.54) is 13.8 Å². The monoisotopic (exact) mass is 530 g/mol. The molecule has 0 aromatic heterocycles. The molecule has 0 bridgehead atoms. The average molecular weight is 531 g/mol. The van der Waals surface area contributed by atoms with Crippen LogP contribution in [0.3, 0.4) is 0 Å². The van der Waals surface area contributed by atoms with Crippen molar-refractivity contribution in [1.29, 1.82) is 0 Å². The van der Waals surface area contributed by atoms with Crippen LogP contribution in [0.25, 0.3) is 5.57 Å². The van der Waals surface area contributed by atoms with Gasteiger partial charge in [-0.05, 0) is 62.0 Å². The Morgan fingerprint density at radius 2 is 1.83 bits per heavy atom. The molecular formula is C28H28Cl2O6. The van der Waals surface area contributed by atoms with E-state index in [2.05, 4.69) is 6.92 Å². The number of esters is 2. The van der Waals surface area contributed by atoms with Gasteiger partial charge in [0, 0.05) is 17.4 Å². The normalized spacial score (nSPS) is 18.7. The molecule has 2 aliphatic rings. The van der Waals surface area contributed by atoms with Crippen molar-refractivity contribution < 1.29 is 28.6 Å². The van der Waals surface area contributed by atoms with Gasteiger partial charge in [0.2, 0.25) is 5.60 Å². The zero-order valence-electron chi connectivity index (χ0n) is 20.5. The van der Waals surface area contributed by atoms with Crippen molar-refractivity contribution in [2.75, 3.05) is 6.61 Å². The highest BCUT2D eigenvalue weighted by atomic mass is 35.5. The van der Waals surface area contributed by atoms with E-state index in [0.29, 0.717) is 11.4 Å². The Hall–Kier alpha value is -2.83. The summed E-state index contributed by atoms with van der Waals surface area (Å²) in [4.78, 5) is 37.1. The Morgan fingerprint density at radius 1 is 1.11 bits per heavy atom. The first-order chi connectivity index (χ1) is 17.1. The lowest BCUT2D eigenvalue weighted by molar-refractivity contribution is -0.180. The van der Waals surface area contributed by atoms with Crippen molar-refractivity contribution in [3.8, 4) is 5.75 Å². The molecule has 0 spiro atoms. The first-order valence-electron chi connectivity index (χ1n) is 11.9. The van der Waals surface area contributed by atoms with Crippen LogP contribution < -0.4 is 4.74 Å². The molecule has 0 fully saturated rings. The van der Waals surface area contributed by atoms with Gasteiger partial charge in [-0.2, -0.15) is 0 Å². The molecule has 0 radical (unpaired) electrons.